The van der Waals surface area contributed by atoms with Crippen LogP contribution >= 0.6 is 0 Å². The van der Waals surface area contributed by atoms with Gasteiger partial charge in [-0.3, -0.25) is 4.79 Å². The molecule has 5 heteroatoms. The Morgan fingerprint density at radius 1 is 1.62 bits per heavy atom. The van der Waals surface area contributed by atoms with Gasteiger partial charge in [-0.15, -0.1) is 0 Å². The van der Waals surface area contributed by atoms with Crippen molar-refractivity contribution in [3.8, 4) is 0 Å². The lowest BCUT2D eigenvalue weighted by Gasteiger charge is -2.25. The third-order valence-electron chi connectivity index (χ3n) is 3.25. The maximum Gasteiger partial charge on any atom is 0.224 e. The van der Waals surface area contributed by atoms with Crippen LogP contribution in [0.2, 0.25) is 0 Å². The quantitative estimate of drug-likeness (QED) is 0.715. The molecule has 0 spiro atoms. The normalized spacial score (nSPS) is 30.7. The second-order valence-corrected chi connectivity index (χ2v) is 4.42. The summed E-state index contributed by atoms with van der Waals surface area (Å²) in [6.07, 6.45) is 1.72. The lowest BCUT2D eigenvalue weighted by atomic mass is 10.2. The minimum Gasteiger partial charge on any atom is -0.380 e. The van der Waals surface area contributed by atoms with E-state index in [0.717, 1.165) is 32.7 Å². The number of rotatable bonds is 3. The van der Waals surface area contributed by atoms with Gasteiger partial charge >= 0.3 is 0 Å². The predicted octanol–water partition coefficient (Wildman–Crippen LogP) is -0.388. The summed E-state index contributed by atoms with van der Waals surface area (Å²) < 4.78 is 10.6. The number of nitrogens with zero attached hydrogens (tertiary/aromatic N) is 1. The molecule has 5 nitrogen and oxygen atoms in total. The fraction of sp³-hybridized carbons (Fsp3) is 0.909. The van der Waals surface area contributed by atoms with E-state index in [1.165, 1.54) is 0 Å². The zero-order valence-electron chi connectivity index (χ0n) is 9.78. The van der Waals surface area contributed by atoms with Gasteiger partial charge in [0.05, 0.1) is 19.3 Å². The maximum absolute atomic E-state index is 11.9. The standard InChI is InChI=1S/C11H20N2O3/c1-15-10-2-4-13(7-10)11(14)6-9-8-16-5-3-12-9/h9-10,12H,2-8H2,1H3/t9?,10-/m0/s1. The molecule has 2 heterocycles. The van der Waals surface area contributed by atoms with Crippen LogP contribution in [0.3, 0.4) is 0 Å². The number of hydrogen-bond acceptors (Lipinski definition) is 4. The van der Waals surface area contributed by atoms with E-state index in [1.54, 1.807) is 7.11 Å². The number of carbonyl (C=O) groups excluding carboxylic acids is 1. The molecular weight excluding hydrogens is 208 g/mol. The number of carbonyl (C=O) groups is 1. The molecule has 1 N–H and O–H groups in total. The van der Waals surface area contributed by atoms with Crippen LogP contribution < -0.4 is 5.32 Å². The van der Waals surface area contributed by atoms with Crippen LogP contribution in [0.4, 0.5) is 0 Å². The summed E-state index contributed by atoms with van der Waals surface area (Å²) in [7, 11) is 1.70. The fourth-order valence-electron chi connectivity index (χ4n) is 2.24. The molecule has 1 unspecified atom stereocenters. The lowest BCUT2D eigenvalue weighted by Crippen LogP contribution is -2.44. The first-order valence-electron chi connectivity index (χ1n) is 5.91. The van der Waals surface area contributed by atoms with Crippen molar-refractivity contribution < 1.29 is 14.3 Å². The molecule has 2 saturated heterocycles. The van der Waals surface area contributed by atoms with Crippen molar-refractivity contribution >= 4 is 5.91 Å². The summed E-state index contributed by atoms with van der Waals surface area (Å²) in [4.78, 5) is 13.8. The van der Waals surface area contributed by atoms with Gasteiger partial charge < -0.3 is 19.7 Å². The molecule has 2 aliphatic rings. The zero-order valence-corrected chi connectivity index (χ0v) is 9.78. The van der Waals surface area contributed by atoms with Gasteiger partial charge in [0.15, 0.2) is 0 Å². The largest absolute Gasteiger partial charge is 0.380 e. The molecule has 0 aromatic rings. The third kappa shape index (κ3) is 2.93. The molecule has 2 atom stereocenters. The highest BCUT2D eigenvalue weighted by molar-refractivity contribution is 5.77. The van der Waals surface area contributed by atoms with Crippen LogP contribution in [0, 0.1) is 0 Å². The van der Waals surface area contributed by atoms with Crippen molar-refractivity contribution in [1.82, 2.24) is 10.2 Å². The molecule has 0 radical (unpaired) electrons. The van der Waals surface area contributed by atoms with Crippen molar-refractivity contribution in [2.24, 2.45) is 0 Å². The van der Waals surface area contributed by atoms with E-state index in [4.69, 9.17) is 9.47 Å². The van der Waals surface area contributed by atoms with Crippen LogP contribution in [-0.4, -0.2) is 62.9 Å². The first-order valence-corrected chi connectivity index (χ1v) is 5.91. The Hall–Kier alpha value is -0.650. The summed E-state index contributed by atoms with van der Waals surface area (Å²) >= 11 is 0. The molecule has 16 heavy (non-hydrogen) atoms. The topological polar surface area (TPSA) is 50.8 Å². The average molecular weight is 228 g/mol. The van der Waals surface area contributed by atoms with Gasteiger partial charge in [0, 0.05) is 39.2 Å². The lowest BCUT2D eigenvalue weighted by molar-refractivity contribution is -0.131. The Bertz CT molecular complexity index is 241. The first kappa shape index (κ1) is 11.8. The van der Waals surface area contributed by atoms with Crippen LogP contribution in [0.25, 0.3) is 0 Å². The fourth-order valence-corrected chi connectivity index (χ4v) is 2.24. The molecule has 2 fully saturated rings. The van der Waals surface area contributed by atoms with E-state index in [1.807, 2.05) is 4.90 Å². The van der Waals surface area contributed by atoms with Crippen molar-refractivity contribution in [3.05, 3.63) is 0 Å². The van der Waals surface area contributed by atoms with Crippen molar-refractivity contribution in [2.75, 3.05) is 40.0 Å². The number of ether oxygens (including phenoxy) is 2. The molecule has 2 aliphatic heterocycles. The second-order valence-electron chi connectivity index (χ2n) is 4.42. The predicted molar refractivity (Wildman–Crippen MR) is 59.2 cm³/mol. The first-order chi connectivity index (χ1) is 7.79. The van der Waals surface area contributed by atoms with Crippen LogP contribution in [-0.2, 0) is 14.3 Å². The molecule has 0 bridgehead atoms. The summed E-state index contributed by atoms with van der Waals surface area (Å²) in [6, 6.07) is 0.183. The van der Waals surface area contributed by atoms with Gasteiger partial charge in [-0.25, -0.2) is 0 Å². The molecule has 0 aromatic heterocycles. The van der Waals surface area contributed by atoms with Gasteiger partial charge in [0.1, 0.15) is 0 Å². The molecule has 0 aliphatic carbocycles. The summed E-state index contributed by atoms with van der Waals surface area (Å²) in [5.74, 6) is 0.211. The number of likely N-dealkylation sites (tertiary alicyclic amines) is 1. The Balaban J connectivity index is 1.75. The summed E-state index contributed by atoms with van der Waals surface area (Å²) in [5.41, 5.74) is 0. The number of amides is 1. The summed E-state index contributed by atoms with van der Waals surface area (Å²) in [6.45, 7) is 3.81. The average Bonchev–Trinajstić information content (AvgIpc) is 2.79. The minimum atomic E-state index is 0.183. The van der Waals surface area contributed by atoms with Gasteiger partial charge in [-0.05, 0) is 6.42 Å². The highest BCUT2D eigenvalue weighted by Crippen LogP contribution is 2.14. The minimum absolute atomic E-state index is 0.183. The molecular formula is C11H20N2O3. The van der Waals surface area contributed by atoms with E-state index in [-0.39, 0.29) is 18.1 Å². The van der Waals surface area contributed by atoms with Crippen molar-refractivity contribution in [1.29, 1.82) is 0 Å². The molecule has 1 amide bonds. The van der Waals surface area contributed by atoms with E-state index in [9.17, 15) is 4.79 Å². The van der Waals surface area contributed by atoms with Crippen molar-refractivity contribution in [3.63, 3.8) is 0 Å². The number of morpholine rings is 1. The van der Waals surface area contributed by atoms with Gasteiger partial charge in [-0.2, -0.15) is 0 Å². The summed E-state index contributed by atoms with van der Waals surface area (Å²) in [5, 5.41) is 3.29. The molecule has 0 aromatic carbocycles. The number of hydrogen-bond donors (Lipinski definition) is 1. The van der Waals surface area contributed by atoms with Gasteiger partial charge in [-0.1, -0.05) is 0 Å². The number of methoxy groups -OCH3 is 1. The van der Waals surface area contributed by atoms with E-state index < -0.39 is 0 Å². The Morgan fingerprint density at radius 3 is 3.12 bits per heavy atom. The monoisotopic (exact) mass is 228 g/mol. The maximum atomic E-state index is 11.9. The molecule has 2 rings (SSSR count). The second kappa shape index (κ2) is 5.61. The van der Waals surface area contributed by atoms with Crippen LogP contribution in [0.5, 0.6) is 0 Å². The molecule has 92 valence electrons. The zero-order chi connectivity index (χ0) is 11.4. The van der Waals surface area contributed by atoms with E-state index in [0.29, 0.717) is 13.0 Å². The number of nitrogens with one attached hydrogen (secondary N) is 1. The van der Waals surface area contributed by atoms with E-state index in [2.05, 4.69) is 5.32 Å². The third-order valence-corrected chi connectivity index (χ3v) is 3.25. The molecule has 0 saturated carbocycles. The Morgan fingerprint density at radius 2 is 2.50 bits per heavy atom. The highest BCUT2D eigenvalue weighted by atomic mass is 16.5. The van der Waals surface area contributed by atoms with Gasteiger partial charge in [0.2, 0.25) is 5.91 Å². The van der Waals surface area contributed by atoms with Crippen molar-refractivity contribution in [2.45, 2.75) is 25.0 Å². The van der Waals surface area contributed by atoms with Gasteiger partial charge in [0.25, 0.3) is 0 Å². The van der Waals surface area contributed by atoms with E-state index >= 15 is 0 Å². The SMILES string of the molecule is CO[C@H]1CCN(C(=O)CC2COCCN2)C1. The Kier molecular flexibility index (Phi) is 4.15. The van der Waals surface area contributed by atoms with Crippen LogP contribution in [0.1, 0.15) is 12.8 Å². The Labute approximate surface area is 96.1 Å². The smallest absolute Gasteiger partial charge is 0.224 e. The highest BCUT2D eigenvalue weighted by Gasteiger charge is 2.27. The van der Waals surface area contributed by atoms with Crippen LogP contribution in [0.15, 0.2) is 0 Å².